The first-order valence-electron chi connectivity index (χ1n) is 6.95. The molecule has 0 aromatic heterocycles. The monoisotopic (exact) mass is 323 g/mol. The largest absolute Gasteiger partial charge is 0.441 e. The molecule has 0 aliphatic heterocycles. The first kappa shape index (κ1) is 18.3. The summed E-state index contributed by atoms with van der Waals surface area (Å²) >= 11 is 0.00801. The quantitative estimate of drug-likeness (QED) is 0.700. The molecule has 120 valence electrons. The zero-order valence-electron chi connectivity index (χ0n) is 12.2. The van der Waals surface area contributed by atoms with Gasteiger partial charge in [0.2, 0.25) is 0 Å². The van der Waals surface area contributed by atoms with Crippen LogP contribution in [0.25, 0.3) is 0 Å². The smallest absolute Gasteiger partial charge is 0.314 e. The van der Waals surface area contributed by atoms with Gasteiger partial charge in [0.15, 0.2) is 0 Å². The lowest BCUT2D eigenvalue weighted by Gasteiger charge is -2.19. The number of hydrogen-bond donors (Lipinski definition) is 1. The van der Waals surface area contributed by atoms with Crippen LogP contribution in [-0.2, 0) is 6.42 Å². The summed E-state index contributed by atoms with van der Waals surface area (Å²) in [4.78, 5) is 0. The molecule has 0 saturated heterocycles. The Balaban J connectivity index is 2.55. The van der Waals surface area contributed by atoms with E-state index in [0.717, 1.165) is 5.56 Å². The van der Waals surface area contributed by atoms with Gasteiger partial charge in [-0.25, -0.2) is 4.39 Å². The van der Waals surface area contributed by atoms with Crippen molar-refractivity contribution >= 4 is 11.8 Å². The van der Waals surface area contributed by atoms with Crippen molar-refractivity contribution < 1.29 is 17.6 Å². The van der Waals surface area contributed by atoms with E-state index in [4.69, 9.17) is 0 Å². The predicted octanol–water partition coefficient (Wildman–Crippen LogP) is 4.63. The van der Waals surface area contributed by atoms with Crippen molar-refractivity contribution in [3.63, 3.8) is 0 Å². The van der Waals surface area contributed by atoms with Crippen LogP contribution >= 0.6 is 11.8 Å². The Hall–Kier alpha value is -0.750. The number of nitrogens with one attached hydrogen (secondary N) is 1. The molecule has 1 unspecified atom stereocenters. The van der Waals surface area contributed by atoms with Crippen molar-refractivity contribution in [1.29, 1.82) is 0 Å². The molecule has 0 saturated carbocycles. The van der Waals surface area contributed by atoms with Crippen LogP contribution in [0.2, 0.25) is 0 Å². The Morgan fingerprint density at radius 3 is 2.52 bits per heavy atom. The van der Waals surface area contributed by atoms with Crippen LogP contribution in [0.5, 0.6) is 0 Å². The lowest BCUT2D eigenvalue weighted by molar-refractivity contribution is -0.0328. The number of rotatable bonds is 8. The van der Waals surface area contributed by atoms with E-state index < -0.39 is 5.51 Å². The highest BCUT2D eigenvalue weighted by Gasteiger charge is 2.28. The summed E-state index contributed by atoms with van der Waals surface area (Å²) in [5, 5.41) is 3.24. The number of alkyl halides is 3. The fourth-order valence-corrected chi connectivity index (χ4v) is 2.70. The minimum atomic E-state index is -4.19. The van der Waals surface area contributed by atoms with Gasteiger partial charge in [0.05, 0.1) is 0 Å². The van der Waals surface area contributed by atoms with Gasteiger partial charge in [0.1, 0.15) is 5.82 Å². The predicted molar refractivity (Wildman–Crippen MR) is 79.9 cm³/mol. The number of halogens is 4. The van der Waals surface area contributed by atoms with Crippen molar-refractivity contribution in [2.75, 3.05) is 12.3 Å². The van der Waals surface area contributed by atoms with Crippen LogP contribution in [-0.4, -0.2) is 23.8 Å². The summed E-state index contributed by atoms with van der Waals surface area (Å²) in [7, 11) is 0. The lowest BCUT2D eigenvalue weighted by Crippen LogP contribution is -2.30. The third kappa shape index (κ3) is 8.98. The molecule has 1 atom stereocenters. The first-order valence-corrected chi connectivity index (χ1v) is 7.93. The van der Waals surface area contributed by atoms with E-state index in [1.165, 1.54) is 12.1 Å². The molecule has 0 radical (unpaired) electrons. The van der Waals surface area contributed by atoms with Gasteiger partial charge in [-0.05, 0) is 43.0 Å². The topological polar surface area (TPSA) is 12.0 Å². The van der Waals surface area contributed by atoms with Crippen molar-refractivity contribution in [3.05, 3.63) is 35.6 Å². The molecule has 0 fully saturated rings. The van der Waals surface area contributed by atoms with E-state index in [-0.39, 0.29) is 35.3 Å². The minimum absolute atomic E-state index is 0.00801. The average molecular weight is 323 g/mol. The summed E-state index contributed by atoms with van der Waals surface area (Å²) in [5.74, 6) is -0.222. The Morgan fingerprint density at radius 1 is 1.24 bits per heavy atom. The van der Waals surface area contributed by atoms with Gasteiger partial charge in [-0.3, -0.25) is 0 Å². The molecule has 0 amide bonds. The van der Waals surface area contributed by atoms with Crippen LogP contribution in [0, 0.1) is 11.7 Å². The highest BCUT2D eigenvalue weighted by atomic mass is 32.2. The fourth-order valence-electron chi connectivity index (χ4n) is 2.02. The molecule has 1 N–H and O–H groups in total. The molecule has 0 aliphatic rings. The maximum absolute atomic E-state index is 13.2. The van der Waals surface area contributed by atoms with Gasteiger partial charge in [-0.1, -0.05) is 37.7 Å². The molecule has 0 heterocycles. The molecule has 6 heteroatoms. The Morgan fingerprint density at radius 2 is 1.95 bits per heavy atom. The number of hydrogen-bond acceptors (Lipinski definition) is 2. The van der Waals surface area contributed by atoms with Gasteiger partial charge in [0, 0.05) is 11.8 Å². The number of thioether (sulfide) groups is 1. The molecule has 1 aromatic rings. The molecule has 1 aromatic carbocycles. The Bertz CT molecular complexity index is 420. The second-order valence-electron chi connectivity index (χ2n) is 5.35. The van der Waals surface area contributed by atoms with E-state index >= 15 is 0 Å². The first-order chi connectivity index (χ1) is 9.76. The molecule has 21 heavy (non-hydrogen) atoms. The fraction of sp³-hybridized carbons (Fsp3) is 0.600. The highest BCUT2D eigenvalue weighted by Crippen LogP contribution is 2.31. The van der Waals surface area contributed by atoms with Crippen LogP contribution in [0.4, 0.5) is 17.6 Å². The molecular formula is C15H21F4NS. The Labute approximate surface area is 127 Å². The van der Waals surface area contributed by atoms with Crippen LogP contribution < -0.4 is 5.32 Å². The normalized spacial score (nSPS) is 13.7. The van der Waals surface area contributed by atoms with Crippen molar-refractivity contribution in [1.82, 2.24) is 5.32 Å². The molecular weight excluding hydrogens is 302 g/mol. The van der Waals surface area contributed by atoms with E-state index in [1.807, 2.05) is 19.9 Å². The highest BCUT2D eigenvalue weighted by molar-refractivity contribution is 8.00. The van der Waals surface area contributed by atoms with Crippen molar-refractivity contribution in [3.8, 4) is 0 Å². The third-order valence-electron chi connectivity index (χ3n) is 3.02. The summed E-state index contributed by atoms with van der Waals surface area (Å²) < 4.78 is 49.8. The molecule has 0 aliphatic carbocycles. The van der Waals surface area contributed by atoms with E-state index in [2.05, 4.69) is 5.32 Å². The van der Waals surface area contributed by atoms with Gasteiger partial charge in [0.25, 0.3) is 0 Å². The molecule has 0 bridgehead atoms. The zero-order valence-corrected chi connectivity index (χ0v) is 13.0. The second-order valence-corrected chi connectivity index (χ2v) is 6.51. The second kappa shape index (κ2) is 8.63. The molecule has 0 spiro atoms. The maximum Gasteiger partial charge on any atom is 0.441 e. The average Bonchev–Trinajstić information content (AvgIpc) is 2.34. The Kier molecular flexibility index (Phi) is 7.52. The van der Waals surface area contributed by atoms with Gasteiger partial charge < -0.3 is 5.32 Å². The third-order valence-corrected chi connectivity index (χ3v) is 3.79. The SMILES string of the molecule is CC(C)NCC(CCSC(F)(F)F)Cc1cccc(F)c1. The maximum atomic E-state index is 13.2. The zero-order chi connectivity index (χ0) is 15.9. The molecule has 1 nitrogen and oxygen atoms in total. The van der Waals surface area contributed by atoms with E-state index in [0.29, 0.717) is 19.4 Å². The van der Waals surface area contributed by atoms with E-state index in [1.54, 1.807) is 6.07 Å². The standard InChI is InChI=1S/C15H21F4NS/c1-11(2)20-10-13(6-7-21-15(17,18)19)8-12-4-3-5-14(16)9-12/h3-5,9,11,13,20H,6-8,10H2,1-2H3. The summed E-state index contributed by atoms with van der Waals surface area (Å²) in [6.07, 6.45) is 1.02. The van der Waals surface area contributed by atoms with Crippen LogP contribution in [0.15, 0.2) is 24.3 Å². The van der Waals surface area contributed by atoms with Gasteiger partial charge >= 0.3 is 5.51 Å². The van der Waals surface area contributed by atoms with Crippen molar-refractivity contribution in [2.24, 2.45) is 5.92 Å². The number of benzene rings is 1. The lowest BCUT2D eigenvalue weighted by atomic mass is 9.96. The van der Waals surface area contributed by atoms with Crippen LogP contribution in [0.1, 0.15) is 25.8 Å². The molecule has 1 rings (SSSR count). The summed E-state index contributed by atoms with van der Waals surface area (Å²) in [5.41, 5.74) is -3.36. The van der Waals surface area contributed by atoms with Gasteiger partial charge in [-0.2, -0.15) is 13.2 Å². The van der Waals surface area contributed by atoms with Crippen LogP contribution in [0.3, 0.4) is 0 Å². The van der Waals surface area contributed by atoms with E-state index in [9.17, 15) is 17.6 Å². The van der Waals surface area contributed by atoms with Crippen molar-refractivity contribution in [2.45, 2.75) is 38.2 Å². The summed E-state index contributed by atoms with van der Waals surface area (Å²) in [6, 6.07) is 6.52. The minimum Gasteiger partial charge on any atom is -0.314 e. The van der Waals surface area contributed by atoms with Gasteiger partial charge in [-0.15, -0.1) is 0 Å². The summed E-state index contributed by atoms with van der Waals surface area (Å²) in [6.45, 7) is 4.61.